The zero-order valence-electron chi connectivity index (χ0n) is 17.2. The van der Waals surface area contributed by atoms with Gasteiger partial charge in [-0.2, -0.15) is 0 Å². The molecule has 2 rings (SSSR count). The van der Waals surface area contributed by atoms with Crippen molar-refractivity contribution in [2.24, 2.45) is 5.92 Å². The van der Waals surface area contributed by atoms with Crippen LogP contribution in [0.25, 0.3) is 0 Å². The summed E-state index contributed by atoms with van der Waals surface area (Å²) in [5.74, 6) is -0.537. The van der Waals surface area contributed by atoms with Crippen LogP contribution in [-0.2, 0) is 20.8 Å². The molecule has 0 aliphatic carbocycles. The number of rotatable bonds is 12. The quantitative estimate of drug-likeness (QED) is 0.533. The van der Waals surface area contributed by atoms with E-state index in [1.165, 1.54) is 6.92 Å². The molecule has 0 aromatic heterocycles. The lowest BCUT2D eigenvalue weighted by atomic mass is 9.89. The van der Waals surface area contributed by atoms with Gasteiger partial charge < -0.3 is 9.84 Å². The fourth-order valence-corrected chi connectivity index (χ4v) is 3.80. The summed E-state index contributed by atoms with van der Waals surface area (Å²) in [5.41, 5.74) is 1.65. The largest absolute Gasteiger partial charge is 0.494 e. The number of carboxylic acids is 1. The number of hydrogen-bond acceptors (Lipinski definition) is 6. The van der Waals surface area contributed by atoms with Crippen LogP contribution in [0.1, 0.15) is 31.0 Å². The van der Waals surface area contributed by atoms with Crippen molar-refractivity contribution in [1.82, 2.24) is 5.32 Å². The molecule has 0 bridgehead atoms. The maximum absolute atomic E-state index is 13.4. The zero-order chi connectivity index (χ0) is 21.9. The standard InChI is InChI=1S/C23H27NO5S/c1-3-29-20-11-9-17(10-12-20)13-19(15-30-16(2)25)23(28)22(24-14-21(26)27)18-7-5-4-6-8-18/h4-12,19,22,24H,3,13-15H2,1-2H3,(H,26,27). The fourth-order valence-electron chi connectivity index (χ4n) is 3.09. The lowest BCUT2D eigenvalue weighted by Gasteiger charge is -2.23. The van der Waals surface area contributed by atoms with E-state index in [2.05, 4.69) is 5.32 Å². The van der Waals surface area contributed by atoms with Crippen molar-refractivity contribution in [3.63, 3.8) is 0 Å². The smallest absolute Gasteiger partial charge is 0.317 e. The third-order valence-electron chi connectivity index (χ3n) is 4.48. The highest BCUT2D eigenvalue weighted by molar-refractivity contribution is 8.13. The molecule has 0 spiro atoms. The molecule has 0 amide bonds. The lowest BCUT2D eigenvalue weighted by Crippen LogP contribution is -2.37. The maximum Gasteiger partial charge on any atom is 0.317 e. The predicted octanol–water partition coefficient (Wildman–Crippen LogP) is 3.51. The minimum absolute atomic E-state index is 0.0609. The van der Waals surface area contributed by atoms with Crippen LogP contribution >= 0.6 is 11.8 Å². The first-order valence-electron chi connectivity index (χ1n) is 9.79. The van der Waals surface area contributed by atoms with Gasteiger partial charge in [0.15, 0.2) is 10.9 Å². The van der Waals surface area contributed by atoms with Crippen LogP contribution in [0.4, 0.5) is 0 Å². The Morgan fingerprint density at radius 1 is 1.07 bits per heavy atom. The Labute approximate surface area is 181 Å². The highest BCUT2D eigenvalue weighted by Gasteiger charge is 2.29. The highest BCUT2D eigenvalue weighted by atomic mass is 32.2. The molecule has 0 aliphatic rings. The van der Waals surface area contributed by atoms with Crippen LogP contribution in [0.5, 0.6) is 5.75 Å². The Bertz CT molecular complexity index is 838. The van der Waals surface area contributed by atoms with Crippen molar-refractivity contribution in [2.75, 3.05) is 18.9 Å². The molecule has 0 saturated heterocycles. The van der Waals surface area contributed by atoms with Gasteiger partial charge in [-0.1, -0.05) is 54.2 Å². The molecule has 0 radical (unpaired) electrons. The first-order chi connectivity index (χ1) is 14.4. The van der Waals surface area contributed by atoms with E-state index in [1.807, 2.05) is 49.4 Å². The Morgan fingerprint density at radius 2 is 1.73 bits per heavy atom. The van der Waals surface area contributed by atoms with Crippen molar-refractivity contribution in [2.45, 2.75) is 26.3 Å². The number of hydrogen-bond donors (Lipinski definition) is 2. The molecule has 30 heavy (non-hydrogen) atoms. The van der Waals surface area contributed by atoms with Crippen molar-refractivity contribution < 1.29 is 24.2 Å². The van der Waals surface area contributed by atoms with E-state index in [0.717, 1.165) is 23.1 Å². The van der Waals surface area contributed by atoms with E-state index in [-0.39, 0.29) is 17.4 Å². The topological polar surface area (TPSA) is 92.7 Å². The second-order valence-corrected chi connectivity index (χ2v) is 8.00. The number of aliphatic carboxylic acids is 1. The average Bonchev–Trinajstić information content (AvgIpc) is 2.73. The van der Waals surface area contributed by atoms with Gasteiger partial charge >= 0.3 is 5.97 Å². The minimum Gasteiger partial charge on any atom is -0.494 e. The molecule has 0 aliphatic heterocycles. The molecule has 2 N–H and O–H groups in total. The molecular weight excluding hydrogens is 402 g/mol. The molecule has 160 valence electrons. The second-order valence-electron chi connectivity index (χ2n) is 6.80. The van der Waals surface area contributed by atoms with Crippen LogP contribution in [0.2, 0.25) is 0 Å². The van der Waals surface area contributed by atoms with E-state index in [0.29, 0.717) is 24.3 Å². The third kappa shape index (κ3) is 7.65. The molecule has 2 unspecified atom stereocenters. The van der Waals surface area contributed by atoms with Gasteiger partial charge in [0.25, 0.3) is 0 Å². The fraction of sp³-hybridized carbons (Fsp3) is 0.348. The van der Waals surface area contributed by atoms with Crippen LogP contribution in [0, 0.1) is 5.92 Å². The zero-order valence-corrected chi connectivity index (χ0v) is 18.0. The lowest BCUT2D eigenvalue weighted by molar-refractivity contribution is -0.136. The van der Waals surface area contributed by atoms with Gasteiger partial charge in [0, 0.05) is 18.6 Å². The van der Waals surface area contributed by atoms with Crippen molar-refractivity contribution >= 4 is 28.6 Å². The number of ether oxygens (including phenoxy) is 1. The Morgan fingerprint density at radius 3 is 2.30 bits per heavy atom. The Hall–Kier alpha value is -2.64. The van der Waals surface area contributed by atoms with Gasteiger partial charge in [0.1, 0.15) is 5.75 Å². The first-order valence-corrected chi connectivity index (χ1v) is 10.8. The van der Waals surface area contributed by atoms with Gasteiger partial charge in [-0.25, -0.2) is 0 Å². The summed E-state index contributed by atoms with van der Waals surface area (Å²) in [6, 6.07) is 15.8. The number of carbonyl (C=O) groups is 3. The SMILES string of the molecule is CCOc1ccc(CC(CSC(C)=O)C(=O)C(NCC(=O)O)c2ccccc2)cc1. The molecule has 6 nitrogen and oxygen atoms in total. The van der Waals surface area contributed by atoms with Gasteiger partial charge in [0.2, 0.25) is 0 Å². The summed E-state index contributed by atoms with van der Waals surface area (Å²) in [6.07, 6.45) is 0.448. The first kappa shape index (κ1) is 23.6. The van der Waals surface area contributed by atoms with Gasteiger partial charge in [-0.3, -0.25) is 19.7 Å². The van der Waals surface area contributed by atoms with E-state index < -0.39 is 17.9 Å². The summed E-state index contributed by atoms with van der Waals surface area (Å²) in [5, 5.41) is 11.9. The van der Waals surface area contributed by atoms with Gasteiger partial charge in [-0.05, 0) is 36.6 Å². The summed E-state index contributed by atoms with van der Waals surface area (Å²) in [4.78, 5) is 36.1. The third-order valence-corrected chi connectivity index (χ3v) is 5.46. The Kier molecular flexibility index (Phi) is 9.57. The molecular formula is C23H27NO5S. The maximum atomic E-state index is 13.4. The Balaban J connectivity index is 2.25. The summed E-state index contributed by atoms with van der Waals surface area (Å²) in [6.45, 7) is 3.63. The number of Topliss-reactive ketones (excluding diaryl/α,β-unsaturated/α-hetero) is 1. The molecule has 0 heterocycles. The number of carbonyl (C=O) groups excluding carboxylic acids is 2. The van der Waals surface area contributed by atoms with Crippen LogP contribution in [-0.4, -0.2) is 40.9 Å². The monoisotopic (exact) mass is 429 g/mol. The molecule has 0 fully saturated rings. The van der Waals surface area contributed by atoms with Gasteiger partial charge in [-0.15, -0.1) is 0 Å². The highest BCUT2D eigenvalue weighted by Crippen LogP contribution is 2.25. The van der Waals surface area contributed by atoms with Crippen molar-refractivity contribution in [3.05, 3.63) is 65.7 Å². The normalized spacial score (nSPS) is 12.7. The average molecular weight is 430 g/mol. The predicted molar refractivity (Wildman–Crippen MR) is 118 cm³/mol. The van der Waals surface area contributed by atoms with Crippen LogP contribution in [0.15, 0.2) is 54.6 Å². The van der Waals surface area contributed by atoms with E-state index in [4.69, 9.17) is 9.84 Å². The van der Waals surface area contributed by atoms with E-state index in [1.54, 1.807) is 12.1 Å². The van der Waals surface area contributed by atoms with Crippen molar-refractivity contribution in [3.8, 4) is 5.75 Å². The van der Waals surface area contributed by atoms with Crippen LogP contribution in [0.3, 0.4) is 0 Å². The minimum atomic E-state index is -1.04. The number of ketones is 1. The van der Waals surface area contributed by atoms with Gasteiger partial charge in [0.05, 0.1) is 19.2 Å². The molecule has 2 atom stereocenters. The molecule has 2 aromatic rings. The molecule has 7 heteroatoms. The number of carboxylic acid groups (broad SMARTS) is 1. The van der Waals surface area contributed by atoms with E-state index in [9.17, 15) is 14.4 Å². The number of nitrogens with one attached hydrogen (secondary N) is 1. The number of benzene rings is 2. The van der Waals surface area contributed by atoms with Crippen LogP contribution < -0.4 is 10.1 Å². The van der Waals surface area contributed by atoms with E-state index >= 15 is 0 Å². The second kappa shape index (κ2) is 12.1. The van der Waals surface area contributed by atoms with Crippen molar-refractivity contribution in [1.29, 1.82) is 0 Å². The summed E-state index contributed by atoms with van der Waals surface area (Å²) >= 11 is 1.11. The number of thioether (sulfide) groups is 1. The summed E-state index contributed by atoms with van der Waals surface area (Å²) < 4.78 is 5.46. The summed E-state index contributed by atoms with van der Waals surface area (Å²) in [7, 11) is 0. The molecule has 0 saturated carbocycles. The molecule has 2 aromatic carbocycles.